The zero-order valence-corrected chi connectivity index (χ0v) is 22.4. The van der Waals surface area contributed by atoms with E-state index in [9.17, 15) is 29.6 Å². The Bertz CT molecular complexity index is 1280. The highest BCUT2D eigenvalue weighted by molar-refractivity contribution is 6.03. The van der Waals surface area contributed by atoms with Crippen LogP contribution in [0.3, 0.4) is 0 Å². The van der Waals surface area contributed by atoms with Crippen LogP contribution in [0.25, 0.3) is 0 Å². The first-order valence-corrected chi connectivity index (χ1v) is 13.8. The number of nitrogens with zero attached hydrogens (tertiary/aromatic N) is 1. The van der Waals surface area contributed by atoms with Crippen LogP contribution in [0.4, 0.5) is 10.1 Å². The molecule has 0 bridgehead atoms. The third kappa shape index (κ3) is 5.82. The summed E-state index contributed by atoms with van der Waals surface area (Å²) in [6.07, 6.45) is -3.25. The fraction of sp³-hybridized carbons (Fsp3) is 0.406. The monoisotopic (exact) mass is 549 g/mol. The molecule has 0 aromatic heterocycles. The topological polar surface area (TPSA) is 110 Å². The lowest BCUT2D eigenvalue weighted by Gasteiger charge is -2.48. The number of hydrogen-bond acceptors (Lipinski definition) is 6. The molecule has 5 rings (SSSR count). The largest absolute Gasteiger partial charge is 0.394 e. The summed E-state index contributed by atoms with van der Waals surface area (Å²) in [5.74, 6) is -0.363. The van der Waals surface area contributed by atoms with Crippen molar-refractivity contribution in [3.05, 3.63) is 101 Å². The van der Waals surface area contributed by atoms with Crippen molar-refractivity contribution in [1.82, 2.24) is 0 Å². The summed E-state index contributed by atoms with van der Waals surface area (Å²) in [6.45, 7) is 1.54. The van der Waals surface area contributed by atoms with Crippen LogP contribution >= 0.6 is 0 Å². The summed E-state index contributed by atoms with van der Waals surface area (Å²) >= 11 is 0. The maximum atomic E-state index is 13.4. The van der Waals surface area contributed by atoms with Gasteiger partial charge in [-0.25, -0.2) is 4.39 Å². The van der Waals surface area contributed by atoms with Crippen LogP contribution in [0.2, 0.25) is 0 Å². The third-order valence-electron chi connectivity index (χ3n) is 8.17. The van der Waals surface area contributed by atoms with Gasteiger partial charge >= 0.3 is 0 Å². The van der Waals surface area contributed by atoms with Crippen LogP contribution in [0, 0.1) is 18.7 Å². The van der Waals surface area contributed by atoms with E-state index in [2.05, 4.69) is 0 Å². The Balaban J connectivity index is 1.31. The first-order valence-electron chi connectivity index (χ1n) is 13.8. The number of anilines is 1. The van der Waals surface area contributed by atoms with Gasteiger partial charge in [-0.1, -0.05) is 54.1 Å². The van der Waals surface area contributed by atoms with E-state index in [1.165, 1.54) is 12.1 Å². The van der Waals surface area contributed by atoms with Gasteiger partial charge in [-0.05, 0) is 67.1 Å². The minimum Gasteiger partial charge on any atom is -0.394 e. The highest BCUT2D eigenvalue weighted by Crippen LogP contribution is 2.46. The van der Waals surface area contributed by atoms with E-state index in [-0.39, 0.29) is 30.1 Å². The molecule has 4 N–H and O–H groups in total. The average molecular weight is 550 g/mol. The quantitative estimate of drug-likeness (QED) is 0.305. The highest BCUT2D eigenvalue weighted by Gasteiger charge is 2.48. The molecule has 8 heteroatoms. The summed E-state index contributed by atoms with van der Waals surface area (Å²) in [6, 6.07) is 22.0. The lowest BCUT2D eigenvalue weighted by molar-refractivity contribution is -0.228. The Kier molecular flexibility index (Phi) is 8.63. The smallest absolute Gasteiger partial charge is 0.233 e. The van der Waals surface area contributed by atoms with Crippen LogP contribution in [0.15, 0.2) is 72.8 Å². The van der Waals surface area contributed by atoms with E-state index in [0.717, 1.165) is 40.8 Å². The number of hydrogen-bond donors (Lipinski definition) is 4. The highest BCUT2D eigenvalue weighted by atomic mass is 19.1. The van der Waals surface area contributed by atoms with Gasteiger partial charge in [-0.3, -0.25) is 4.79 Å². The molecule has 212 valence electrons. The zero-order valence-electron chi connectivity index (χ0n) is 22.4. The molecule has 0 saturated carbocycles. The van der Waals surface area contributed by atoms with E-state index in [1.807, 2.05) is 60.4 Å². The van der Waals surface area contributed by atoms with Crippen LogP contribution in [-0.4, -0.2) is 63.5 Å². The predicted octanol–water partition coefficient (Wildman–Crippen LogP) is 3.25. The Morgan fingerprint density at radius 3 is 2.10 bits per heavy atom. The molecule has 2 unspecified atom stereocenters. The molecule has 0 spiro atoms. The number of aliphatic hydroxyl groups excluding tert-OH is 4. The molecule has 40 heavy (non-hydrogen) atoms. The molecule has 7 atom stereocenters. The molecular weight excluding hydrogens is 513 g/mol. The molecule has 7 nitrogen and oxygen atoms in total. The SMILES string of the molecule is Cc1ccc(N2C(=O)C(CCCc3ccc(F)cc3)C2c2ccc(C[C@H]3O[C@H](CO)[C@@H](O)[C@H](O)[C@H]3O)cc2)cc1. The maximum Gasteiger partial charge on any atom is 0.233 e. The fourth-order valence-electron chi connectivity index (χ4n) is 5.81. The fourth-order valence-corrected chi connectivity index (χ4v) is 5.81. The molecule has 1 amide bonds. The molecule has 2 aliphatic rings. The van der Waals surface area contributed by atoms with E-state index in [0.29, 0.717) is 6.42 Å². The Morgan fingerprint density at radius 1 is 0.825 bits per heavy atom. The lowest BCUT2D eigenvalue weighted by atomic mass is 9.78. The van der Waals surface area contributed by atoms with E-state index in [1.54, 1.807) is 12.1 Å². The van der Waals surface area contributed by atoms with Crippen LogP contribution in [0.5, 0.6) is 0 Å². The molecule has 2 saturated heterocycles. The molecule has 0 radical (unpaired) electrons. The van der Waals surface area contributed by atoms with Crippen molar-refractivity contribution >= 4 is 11.6 Å². The number of aliphatic hydroxyl groups is 4. The van der Waals surface area contributed by atoms with Crippen molar-refractivity contribution in [3.8, 4) is 0 Å². The second kappa shape index (κ2) is 12.2. The van der Waals surface area contributed by atoms with Gasteiger partial charge < -0.3 is 30.1 Å². The second-order valence-electron chi connectivity index (χ2n) is 10.9. The van der Waals surface area contributed by atoms with Gasteiger partial charge in [-0.15, -0.1) is 0 Å². The number of amides is 1. The number of aryl methyl sites for hydroxylation is 2. The minimum atomic E-state index is -1.41. The molecule has 3 aromatic carbocycles. The van der Waals surface area contributed by atoms with Crippen LogP contribution in [0.1, 0.15) is 41.1 Å². The van der Waals surface area contributed by atoms with Crippen molar-refractivity contribution in [2.24, 2.45) is 5.92 Å². The molecule has 2 heterocycles. The van der Waals surface area contributed by atoms with Gasteiger partial charge in [0, 0.05) is 12.1 Å². The molecule has 3 aromatic rings. The maximum absolute atomic E-state index is 13.4. The van der Waals surface area contributed by atoms with Crippen LogP contribution in [-0.2, 0) is 22.4 Å². The van der Waals surface area contributed by atoms with Crippen LogP contribution < -0.4 is 4.90 Å². The van der Waals surface area contributed by atoms with Gasteiger partial charge in [0.25, 0.3) is 0 Å². The summed E-state index contributed by atoms with van der Waals surface area (Å²) in [7, 11) is 0. The molecule has 0 aliphatic carbocycles. The standard InChI is InChI=1S/C32H36FNO6/c1-19-5-15-24(16-6-19)34-28(25(32(34)39)4-2-3-20-9-13-23(33)14-10-20)22-11-7-21(8-12-22)17-26-29(36)31(38)30(37)27(18-35)40-26/h5-16,25-31,35-38H,2-4,17-18H2,1H3/t25?,26-,27-,28?,29+,30-,31-/m1/s1. The van der Waals surface area contributed by atoms with Crippen molar-refractivity contribution in [2.45, 2.75) is 69.2 Å². The number of halogens is 1. The van der Waals surface area contributed by atoms with Crippen molar-refractivity contribution < 1.29 is 34.3 Å². The molecule has 2 fully saturated rings. The van der Waals surface area contributed by atoms with E-state index < -0.39 is 37.1 Å². The number of ether oxygens (including phenoxy) is 1. The Labute approximate surface area is 233 Å². The van der Waals surface area contributed by atoms with Gasteiger partial charge in [0.2, 0.25) is 5.91 Å². The molecule has 2 aliphatic heterocycles. The van der Waals surface area contributed by atoms with E-state index in [4.69, 9.17) is 4.74 Å². The van der Waals surface area contributed by atoms with Gasteiger partial charge in [0.1, 0.15) is 30.2 Å². The number of benzene rings is 3. The lowest BCUT2D eigenvalue weighted by Crippen LogP contribution is -2.59. The van der Waals surface area contributed by atoms with Gasteiger partial charge in [-0.2, -0.15) is 0 Å². The number of carbonyl (C=O) groups excluding carboxylic acids is 1. The second-order valence-corrected chi connectivity index (χ2v) is 10.9. The summed E-state index contributed by atoms with van der Waals surface area (Å²) in [5, 5.41) is 40.1. The van der Waals surface area contributed by atoms with E-state index >= 15 is 0 Å². The average Bonchev–Trinajstić information content (AvgIpc) is 2.96. The predicted molar refractivity (Wildman–Crippen MR) is 148 cm³/mol. The Hall–Kier alpha value is -3.14. The number of carbonyl (C=O) groups is 1. The summed E-state index contributed by atoms with van der Waals surface area (Å²) in [5.41, 5.74) is 4.85. The molecular formula is C32H36FNO6. The minimum absolute atomic E-state index is 0.0818. The van der Waals surface area contributed by atoms with Crippen molar-refractivity contribution in [2.75, 3.05) is 11.5 Å². The third-order valence-corrected chi connectivity index (χ3v) is 8.17. The van der Waals surface area contributed by atoms with Gasteiger partial charge in [0.15, 0.2) is 0 Å². The first kappa shape index (κ1) is 28.4. The summed E-state index contributed by atoms with van der Waals surface area (Å²) < 4.78 is 18.9. The normalized spacial score (nSPS) is 28.4. The number of rotatable bonds is 9. The van der Waals surface area contributed by atoms with Gasteiger partial charge in [0.05, 0.1) is 24.7 Å². The Morgan fingerprint density at radius 2 is 1.45 bits per heavy atom. The van der Waals surface area contributed by atoms with Crippen molar-refractivity contribution in [3.63, 3.8) is 0 Å². The zero-order chi connectivity index (χ0) is 28.4. The number of β-lactam (4-membered cyclic amide) rings is 1. The van der Waals surface area contributed by atoms with Crippen molar-refractivity contribution in [1.29, 1.82) is 0 Å². The first-order chi connectivity index (χ1) is 19.3. The summed E-state index contributed by atoms with van der Waals surface area (Å²) in [4.78, 5) is 15.2.